The van der Waals surface area contributed by atoms with Crippen molar-refractivity contribution in [2.45, 2.75) is 0 Å². The van der Waals surface area contributed by atoms with Crippen LogP contribution in [0.2, 0.25) is 0 Å². The number of ether oxygens (including phenoxy) is 1. The van der Waals surface area contributed by atoms with Gasteiger partial charge in [0.25, 0.3) is 5.91 Å². The van der Waals surface area contributed by atoms with Crippen LogP contribution in [0.3, 0.4) is 0 Å². The topological polar surface area (TPSA) is 94.7 Å². The molecular weight excluding hydrogens is 362 g/mol. The summed E-state index contributed by atoms with van der Waals surface area (Å²) < 4.78 is 6.05. The van der Waals surface area contributed by atoms with E-state index in [9.17, 15) is 9.90 Å². The quantitative estimate of drug-likeness (QED) is 0.621. The van der Waals surface area contributed by atoms with E-state index in [4.69, 9.17) is 10.00 Å². The number of carbonyl (C=O) groups excluding carboxylic acids is 1. The van der Waals surface area contributed by atoms with E-state index in [0.717, 1.165) is 4.47 Å². The number of rotatable bonds is 5. The molecular formula is C16H12BrN3O3. The van der Waals surface area contributed by atoms with Gasteiger partial charge < -0.3 is 9.84 Å². The highest BCUT2D eigenvalue weighted by molar-refractivity contribution is 9.10. The van der Waals surface area contributed by atoms with Crippen molar-refractivity contribution in [2.75, 3.05) is 6.61 Å². The number of halogens is 1. The van der Waals surface area contributed by atoms with Gasteiger partial charge in [0.05, 0.1) is 17.8 Å². The number of phenolic OH excluding ortho intramolecular Hbond substituents is 1. The zero-order chi connectivity index (χ0) is 16.7. The van der Waals surface area contributed by atoms with Crippen LogP contribution in [0.4, 0.5) is 0 Å². The lowest BCUT2D eigenvalue weighted by Gasteiger charge is -2.04. The molecule has 0 saturated heterocycles. The summed E-state index contributed by atoms with van der Waals surface area (Å²) in [5.74, 6) is 0.0906. The molecule has 0 spiro atoms. The number of amides is 1. The fraction of sp³-hybridized carbons (Fsp3) is 0.0625. The fourth-order valence-corrected chi connectivity index (χ4v) is 1.99. The molecule has 116 valence electrons. The number of nitrogens with one attached hydrogen (secondary N) is 1. The smallest absolute Gasteiger partial charge is 0.277 e. The lowest BCUT2D eigenvalue weighted by molar-refractivity contribution is -0.123. The van der Waals surface area contributed by atoms with Crippen LogP contribution >= 0.6 is 15.9 Å². The Bertz CT molecular complexity index is 767. The summed E-state index contributed by atoms with van der Waals surface area (Å²) in [6.45, 7) is -0.215. The lowest BCUT2D eigenvalue weighted by Crippen LogP contribution is -2.24. The zero-order valence-corrected chi connectivity index (χ0v) is 13.4. The predicted octanol–water partition coefficient (Wildman–Crippen LogP) is 2.56. The number of carbonyl (C=O) groups is 1. The van der Waals surface area contributed by atoms with Gasteiger partial charge in [0.1, 0.15) is 11.5 Å². The highest BCUT2D eigenvalue weighted by Gasteiger charge is 2.02. The average molecular weight is 374 g/mol. The molecule has 7 heteroatoms. The van der Waals surface area contributed by atoms with Gasteiger partial charge in [-0.1, -0.05) is 15.9 Å². The van der Waals surface area contributed by atoms with Gasteiger partial charge in [-0.3, -0.25) is 4.79 Å². The van der Waals surface area contributed by atoms with Crippen molar-refractivity contribution < 1.29 is 14.6 Å². The molecule has 6 nitrogen and oxygen atoms in total. The Kier molecular flexibility index (Phi) is 5.72. The maximum atomic E-state index is 11.6. The molecule has 0 aliphatic carbocycles. The Hall–Kier alpha value is -2.85. The van der Waals surface area contributed by atoms with Gasteiger partial charge in [-0.15, -0.1) is 0 Å². The largest absolute Gasteiger partial charge is 0.507 e. The third kappa shape index (κ3) is 5.13. The molecule has 0 saturated carbocycles. The second-order valence-electron chi connectivity index (χ2n) is 4.42. The minimum atomic E-state index is -0.444. The lowest BCUT2D eigenvalue weighted by atomic mass is 10.2. The van der Waals surface area contributed by atoms with Gasteiger partial charge >= 0.3 is 0 Å². The first kappa shape index (κ1) is 16.5. The molecule has 0 atom stereocenters. The van der Waals surface area contributed by atoms with Crippen molar-refractivity contribution in [3.05, 3.63) is 58.1 Å². The van der Waals surface area contributed by atoms with E-state index < -0.39 is 5.91 Å². The van der Waals surface area contributed by atoms with E-state index >= 15 is 0 Å². The first-order chi connectivity index (χ1) is 11.1. The van der Waals surface area contributed by atoms with E-state index in [1.807, 2.05) is 6.07 Å². The van der Waals surface area contributed by atoms with Gasteiger partial charge in [-0.25, -0.2) is 5.43 Å². The van der Waals surface area contributed by atoms with E-state index in [2.05, 4.69) is 26.5 Å². The normalized spacial score (nSPS) is 10.3. The highest BCUT2D eigenvalue weighted by atomic mass is 79.9. The number of phenols is 1. The molecule has 2 aromatic rings. The second-order valence-corrected chi connectivity index (χ2v) is 5.34. The monoisotopic (exact) mass is 373 g/mol. The molecule has 2 rings (SSSR count). The van der Waals surface area contributed by atoms with Crippen LogP contribution in [0.25, 0.3) is 0 Å². The van der Waals surface area contributed by atoms with Crippen molar-refractivity contribution in [3.8, 4) is 17.6 Å². The fourth-order valence-electron chi connectivity index (χ4n) is 1.61. The van der Waals surface area contributed by atoms with E-state index in [-0.39, 0.29) is 12.4 Å². The van der Waals surface area contributed by atoms with Crippen LogP contribution in [0.15, 0.2) is 52.0 Å². The molecule has 2 N–H and O–H groups in total. The molecule has 0 radical (unpaired) electrons. The van der Waals surface area contributed by atoms with Gasteiger partial charge in [-0.2, -0.15) is 10.4 Å². The standard InChI is InChI=1S/C16H12BrN3O3/c17-13-3-6-15(21)12(7-13)9-19-20-16(22)10-23-14-4-1-11(8-18)2-5-14/h1-7,9,21H,10H2,(H,20,22)/b19-9+. The van der Waals surface area contributed by atoms with Crippen LogP contribution in [-0.2, 0) is 4.79 Å². The molecule has 0 unspecified atom stereocenters. The summed E-state index contributed by atoms with van der Waals surface area (Å²) >= 11 is 3.28. The van der Waals surface area contributed by atoms with E-state index in [1.165, 1.54) is 12.3 Å². The molecule has 0 aliphatic rings. The van der Waals surface area contributed by atoms with Crippen molar-refractivity contribution >= 4 is 28.1 Å². The first-order valence-electron chi connectivity index (χ1n) is 6.52. The third-order valence-electron chi connectivity index (χ3n) is 2.74. The number of nitrogens with zero attached hydrogens (tertiary/aromatic N) is 2. The Morgan fingerprint density at radius 3 is 2.78 bits per heavy atom. The number of hydrazone groups is 1. The molecule has 0 fully saturated rings. The second kappa shape index (κ2) is 7.96. The summed E-state index contributed by atoms with van der Waals surface area (Å²) in [6.07, 6.45) is 1.33. The molecule has 1 amide bonds. The summed E-state index contributed by atoms with van der Waals surface area (Å²) in [7, 11) is 0. The Balaban J connectivity index is 1.84. The Labute approximate surface area is 141 Å². The minimum Gasteiger partial charge on any atom is -0.507 e. The van der Waals surface area contributed by atoms with Gasteiger partial charge in [0.15, 0.2) is 6.61 Å². The Morgan fingerprint density at radius 1 is 1.35 bits per heavy atom. The van der Waals surface area contributed by atoms with Crippen LogP contribution in [-0.4, -0.2) is 23.8 Å². The molecule has 0 heterocycles. The summed E-state index contributed by atoms with van der Waals surface area (Å²) in [5, 5.41) is 22.1. The van der Waals surface area contributed by atoms with Gasteiger partial charge in [0, 0.05) is 10.0 Å². The summed E-state index contributed by atoms with van der Waals surface area (Å²) in [6, 6.07) is 13.3. The number of hydrogen-bond acceptors (Lipinski definition) is 5. The minimum absolute atomic E-state index is 0.0556. The summed E-state index contributed by atoms with van der Waals surface area (Å²) in [5.41, 5.74) is 3.28. The summed E-state index contributed by atoms with van der Waals surface area (Å²) in [4.78, 5) is 11.6. The molecule has 2 aromatic carbocycles. The molecule has 0 aliphatic heterocycles. The van der Waals surface area contributed by atoms with Crippen LogP contribution in [0.5, 0.6) is 11.5 Å². The van der Waals surface area contributed by atoms with Crippen molar-refractivity contribution in [1.82, 2.24) is 5.43 Å². The average Bonchev–Trinajstić information content (AvgIpc) is 2.56. The SMILES string of the molecule is N#Cc1ccc(OCC(=O)N/N=C/c2cc(Br)ccc2O)cc1. The van der Waals surface area contributed by atoms with Gasteiger partial charge in [-0.05, 0) is 42.5 Å². The van der Waals surface area contributed by atoms with Crippen LogP contribution in [0.1, 0.15) is 11.1 Å². The highest BCUT2D eigenvalue weighted by Crippen LogP contribution is 2.19. The van der Waals surface area contributed by atoms with E-state index in [1.54, 1.807) is 36.4 Å². The number of nitriles is 1. The van der Waals surface area contributed by atoms with E-state index in [0.29, 0.717) is 16.9 Å². The Morgan fingerprint density at radius 2 is 2.09 bits per heavy atom. The number of aromatic hydroxyl groups is 1. The third-order valence-corrected chi connectivity index (χ3v) is 3.23. The zero-order valence-electron chi connectivity index (χ0n) is 11.9. The van der Waals surface area contributed by atoms with Crippen molar-refractivity contribution in [1.29, 1.82) is 5.26 Å². The van der Waals surface area contributed by atoms with Gasteiger partial charge in [0.2, 0.25) is 0 Å². The maximum absolute atomic E-state index is 11.6. The van der Waals surface area contributed by atoms with Crippen molar-refractivity contribution in [2.24, 2.45) is 5.10 Å². The number of benzene rings is 2. The molecule has 0 bridgehead atoms. The molecule has 23 heavy (non-hydrogen) atoms. The predicted molar refractivity (Wildman–Crippen MR) is 88.2 cm³/mol. The van der Waals surface area contributed by atoms with Crippen molar-refractivity contribution in [3.63, 3.8) is 0 Å². The first-order valence-corrected chi connectivity index (χ1v) is 7.31. The number of hydrogen-bond donors (Lipinski definition) is 2. The maximum Gasteiger partial charge on any atom is 0.277 e. The van der Waals surface area contributed by atoms with Crippen LogP contribution < -0.4 is 10.2 Å². The van der Waals surface area contributed by atoms with Crippen LogP contribution in [0, 0.1) is 11.3 Å². The molecule has 0 aromatic heterocycles.